The van der Waals surface area contributed by atoms with Crippen molar-refractivity contribution < 1.29 is 9.72 Å². The molecule has 1 aliphatic rings. The smallest absolute Gasteiger partial charge is 0.287 e. The molecule has 1 aromatic carbocycles. The van der Waals surface area contributed by atoms with E-state index < -0.39 is 4.92 Å². The van der Waals surface area contributed by atoms with Gasteiger partial charge in [0.15, 0.2) is 0 Å². The van der Waals surface area contributed by atoms with Gasteiger partial charge < -0.3 is 10.2 Å². The third-order valence-corrected chi connectivity index (χ3v) is 4.70. The van der Waals surface area contributed by atoms with E-state index in [1.165, 1.54) is 12.3 Å². The SMILES string of the molecule is O=C(Nc1ccc(Br)cc1)[C@H]1CCCN(c2ccc([N+](=O)[O-])cn2)C1. The van der Waals surface area contributed by atoms with Gasteiger partial charge >= 0.3 is 0 Å². The molecule has 0 bridgehead atoms. The highest BCUT2D eigenvalue weighted by Crippen LogP contribution is 2.24. The van der Waals surface area contributed by atoms with Gasteiger partial charge in [0.1, 0.15) is 12.0 Å². The van der Waals surface area contributed by atoms with Crippen molar-refractivity contribution in [3.63, 3.8) is 0 Å². The number of piperidine rings is 1. The second-order valence-electron chi connectivity index (χ2n) is 5.91. The van der Waals surface area contributed by atoms with Crippen LogP contribution in [0.5, 0.6) is 0 Å². The van der Waals surface area contributed by atoms with E-state index in [-0.39, 0.29) is 17.5 Å². The van der Waals surface area contributed by atoms with Gasteiger partial charge in [-0.05, 0) is 43.2 Å². The second kappa shape index (κ2) is 7.60. The number of rotatable bonds is 4. The lowest BCUT2D eigenvalue weighted by Gasteiger charge is -2.32. The van der Waals surface area contributed by atoms with E-state index in [4.69, 9.17) is 0 Å². The number of hydrogen-bond donors (Lipinski definition) is 1. The van der Waals surface area contributed by atoms with Gasteiger partial charge in [0, 0.05) is 29.3 Å². The summed E-state index contributed by atoms with van der Waals surface area (Å²) >= 11 is 3.37. The summed E-state index contributed by atoms with van der Waals surface area (Å²) in [7, 11) is 0. The Labute approximate surface area is 153 Å². The number of pyridine rings is 1. The number of carbonyl (C=O) groups excluding carboxylic acids is 1. The molecule has 2 heterocycles. The summed E-state index contributed by atoms with van der Waals surface area (Å²) in [6.07, 6.45) is 2.93. The maximum Gasteiger partial charge on any atom is 0.287 e. The zero-order chi connectivity index (χ0) is 17.8. The maximum atomic E-state index is 12.5. The fraction of sp³-hybridized carbons (Fsp3) is 0.294. The van der Waals surface area contributed by atoms with Gasteiger partial charge in [-0.25, -0.2) is 4.98 Å². The van der Waals surface area contributed by atoms with Crippen LogP contribution in [0.1, 0.15) is 12.8 Å². The first kappa shape index (κ1) is 17.3. The molecule has 1 fully saturated rings. The molecule has 3 rings (SSSR count). The molecule has 7 nitrogen and oxygen atoms in total. The summed E-state index contributed by atoms with van der Waals surface area (Å²) in [5, 5.41) is 13.7. The van der Waals surface area contributed by atoms with Gasteiger partial charge in [0.25, 0.3) is 5.69 Å². The van der Waals surface area contributed by atoms with Gasteiger partial charge in [-0.3, -0.25) is 14.9 Å². The van der Waals surface area contributed by atoms with Crippen molar-refractivity contribution in [1.29, 1.82) is 0 Å². The Kier molecular flexibility index (Phi) is 5.28. The summed E-state index contributed by atoms with van der Waals surface area (Å²) < 4.78 is 0.957. The maximum absolute atomic E-state index is 12.5. The lowest BCUT2D eigenvalue weighted by atomic mass is 9.97. The van der Waals surface area contributed by atoms with Crippen molar-refractivity contribution in [2.24, 2.45) is 5.92 Å². The van der Waals surface area contributed by atoms with Crippen LogP contribution in [-0.4, -0.2) is 28.9 Å². The van der Waals surface area contributed by atoms with E-state index >= 15 is 0 Å². The molecular formula is C17H17BrN4O3. The number of aromatic nitrogens is 1. The molecule has 2 aromatic rings. The van der Waals surface area contributed by atoms with E-state index in [0.29, 0.717) is 12.4 Å². The van der Waals surface area contributed by atoms with Crippen molar-refractivity contribution in [3.8, 4) is 0 Å². The van der Waals surface area contributed by atoms with Crippen molar-refractivity contribution >= 4 is 39.0 Å². The van der Waals surface area contributed by atoms with Crippen molar-refractivity contribution in [2.45, 2.75) is 12.8 Å². The molecule has 25 heavy (non-hydrogen) atoms. The summed E-state index contributed by atoms with van der Waals surface area (Å²) in [4.78, 5) is 28.9. The van der Waals surface area contributed by atoms with Crippen molar-refractivity contribution in [1.82, 2.24) is 4.98 Å². The van der Waals surface area contributed by atoms with E-state index in [9.17, 15) is 14.9 Å². The van der Waals surface area contributed by atoms with Gasteiger partial charge in [0.05, 0.1) is 10.8 Å². The Balaban J connectivity index is 1.64. The largest absolute Gasteiger partial charge is 0.356 e. The van der Waals surface area contributed by atoms with E-state index in [1.54, 1.807) is 6.07 Å². The minimum absolute atomic E-state index is 0.0195. The Hall–Kier alpha value is -2.48. The van der Waals surface area contributed by atoms with Gasteiger partial charge in [0.2, 0.25) is 5.91 Å². The zero-order valence-electron chi connectivity index (χ0n) is 13.4. The molecule has 1 aliphatic heterocycles. The molecule has 130 valence electrons. The van der Waals surface area contributed by atoms with Crippen LogP contribution < -0.4 is 10.2 Å². The van der Waals surface area contributed by atoms with Crippen LogP contribution in [0.3, 0.4) is 0 Å². The number of halogens is 1. The van der Waals surface area contributed by atoms with Crippen LogP contribution in [0.15, 0.2) is 47.1 Å². The normalized spacial score (nSPS) is 17.2. The Morgan fingerprint density at radius 3 is 2.68 bits per heavy atom. The van der Waals surface area contributed by atoms with Crippen molar-refractivity contribution in [2.75, 3.05) is 23.3 Å². The predicted octanol–water partition coefficient (Wildman–Crippen LogP) is 3.61. The highest BCUT2D eigenvalue weighted by Gasteiger charge is 2.26. The molecule has 0 radical (unpaired) electrons. The molecule has 0 unspecified atom stereocenters. The monoisotopic (exact) mass is 404 g/mol. The molecule has 8 heteroatoms. The second-order valence-corrected chi connectivity index (χ2v) is 6.83. The lowest BCUT2D eigenvalue weighted by Crippen LogP contribution is -2.41. The number of hydrogen-bond acceptors (Lipinski definition) is 5. The molecule has 0 saturated carbocycles. The van der Waals surface area contributed by atoms with Gasteiger partial charge in [-0.1, -0.05) is 15.9 Å². The zero-order valence-corrected chi connectivity index (χ0v) is 15.0. The summed E-state index contributed by atoms with van der Waals surface area (Å²) in [5.74, 6) is 0.495. The highest BCUT2D eigenvalue weighted by atomic mass is 79.9. The number of nitrogens with one attached hydrogen (secondary N) is 1. The topological polar surface area (TPSA) is 88.4 Å². The molecule has 0 spiro atoms. The van der Waals surface area contributed by atoms with Gasteiger partial charge in [-0.15, -0.1) is 0 Å². The molecular weight excluding hydrogens is 388 g/mol. The molecule has 1 aromatic heterocycles. The molecule has 1 N–H and O–H groups in total. The van der Waals surface area contributed by atoms with E-state index in [2.05, 4.69) is 26.2 Å². The third-order valence-electron chi connectivity index (χ3n) is 4.17. The fourth-order valence-electron chi connectivity index (χ4n) is 2.85. The molecule has 1 amide bonds. The Bertz CT molecular complexity index is 764. The number of nitrogens with zero attached hydrogens (tertiary/aromatic N) is 3. The number of anilines is 2. The average molecular weight is 405 g/mol. The van der Waals surface area contributed by atoms with E-state index in [1.807, 2.05) is 29.2 Å². The molecule has 0 aliphatic carbocycles. The van der Waals surface area contributed by atoms with Crippen LogP contribution >= 0.6 is 15.9 Å². The minimum atomic E-state index is -0.471. The predicted molar refractivity (Wildman–Crippen MR) is 98.6 cm³/mol. The van der Waals surface area contributed by atoms with Crippen LogP contribution in [0.25, 0.3) is 0 Å². The molecule has 1 atom stereocenters. The van der Waals surface area contributed by atoms with Gasteiger partial charge in [-0.2, -0.15) is 0 Å². The first-order chi connectivity index (χ1) is 12.0. The first-order valence-electron chi connectivity index (χ1n) is 7.95. The fourth-order valence-corrected chi connectivity index (χ4v) is 3.11. The lowest BCUT2D eigenvalue weighted by molar-refractivity contribution is -0.385. The van der Waals surface area contributed by atoms with Crippen LogP contribution in [-0.2, 0) is 4.79 Å². The summed E-state index contributed by atoms with van der Waals surface area (Å²) in [6.45, 7) is 1.33. The number of nitro groups is 1. The van der Waals surface area contributed by atoms with Crippen LogP contribution in [0.2, 0.25) is 0 Å². The minimum Gasteiger partial charge on any atom is -0.356 e. The summed E-state index contributed by atoms with van der Waals surface area (Å²) in [6, 6.07) is 10.5. The highest BCUT2D eigenvalue weighted by molar-refractivity contribution is 9.10. The van der Waals surface area contributed by atoms with Crippen molar-refractivity contribution in [3.05, 3.63) is 57.2 Å². The standard InChI is InChI=1S/C17H17BrN4O3/c18-13-3-5-14(6-4-13)20-17(23)12-2-1-9-21(11-12)16-8-7-15(10-19-16)22(24)25/h3-8,10,12H,1-2,9,11H2,(H,20,23)/t12-/m0/s1. The number of carbonyl (C=O) groups is 1. The average Bonchev–Trinajstić information content (AvgIpc) is 2.64. The number of benzene rings is 1. The van der Waals surface area contributed by atoms with Crippen LogP contribution in [0, 0.1) is 16.0 Å². The third kappa shape index (κ3) is 4.33. The summed E-state index contributed by atoms with van der Waals surface area (Å²) in [5.41, 5.74) is 0.726. The number of amides is 1. The molecule has 1 saturated heterocycles. The Morgan fingerprint density at radius 2 is 2.04 bits per heavy atom. The van der Waals surface area contributed by atoms with Crippen LogP contribution in [0.4, 0.5) is 17.2 Å². The first-order valence-corrected chi connectivity index (χ1v) is 8.74. The quantitative estimate of drug-likeness (QED) is 0.620. The Morgan fingerprint density at radius 1 is 1.28 bits per heavy atom. The van der Waals surface area contributed by atoms with E-state index in [0.717, 1.165) is 29.5 Å².